The fourth-order valence-corrected chi connectivity index (χ4v) is 2.94. The maximum Gasteiger partial charge on any atom is 0.329 e. The summed E-state index contributed by atoms with van der Waals surface area (Å²) in [5.74, 6) is -1.20. The first-order valence-electron chi connectivity index (χ1n) is 6.81. The van der Waals surface area contributed by atoms with Gasteiger partial charge in [-0.3, -0.25) is 19.3 Å². The van der Waals surface area contributed by atoms with Crippen LogP contribution in [0.3, 0.4) is 0 Å². The minimum Gasteiger partial charge on any atom is -0.478 e. The number of hydrogen-bond acceptors (Lipinski definition) is 5. The number of hydrogen-bond donors (Lipinski definition) is 2. The van der Waals surface area contributed by atoms with Gasteiger partial charge in [-0.05, 0) is 6.07 Å². The van der Waals surface area contributed by atoms with Gasteiger partial charge in [-0.1, -0.05) is 0 Å². The molecule has 2 aromatic heterocycles. The van der Waals surface area contributed by atoms with E-state index in [1.165, 1.54) is 28.8 Å². The molecule has 9 nitrogen and oxygen atoms in total. The van der Waals surface area contributed by atoms with Crippen LogP contribution in [0.2, 0.25) is 0 Å². The molecule has 0 spiro atoms. The van der Waals surface area contributed by atoms with Crippen LogP contribution in [-0.2, 0) is 4.79 Å². The molecule has 24 heavy (non-hydrogen) atoms. The van der Waals surface area contributed by atoms with E-state index in [0.29, 0.717) is 21.8 Å². The van der Waals surface area contributed by atoms with Crippen LogP contribution < -0.4 is 10.8 Å². The predicted molar refractivity (Wildman–Crippen MR) is 84.8 cm³/mol. The normalized spacial score (nSPS) is 12.4. The summed E-state index contributed by atoms with van der Waals surface area (Å²) in [4.78, 5) is 40.5. The van der Waals surface area contributed by atoms with Crippen LogP contribution in [-0.4, -0.2) is 30.4 Å². The Morgan fingerprint density at radius 2 is 2.17 bits per heavy atom. The second-order valence-electron chi connectivity index (χ2n) is 5.18. The minimum atomic E-state index is -1.20. The Morgan fingerprint density at radius 3 is 2.88 bits per heavy atom. The van der Waals surface area contributed by atoms with Crippen molar-refractivity contribution in [1.82, 2.24) is 14.4 Å². The van der Waals surface area contributed by atoms with Gasteiger partial charge in [0.1, 0.15) is 0 Å². The average molecular weight is 324 g/mol. The van der Waals surface area contributed by atoms with Gasteiger partial charge in [0, 0.05) is 46.6 Å². The van der Waals surface area contributed by atoms with Crippen molar-refractivity contribution in [2.45, 2.75) is 0 Å². The number of carboxylic acids is 1. The minimum absolute atomic E-state index is 0.118. The van der Waals surface area contributed by atoms with E-state index >= 15 is 0 Å². The van der Waals surface area contributed by atoms with Gasteiger partial charge in [-0.2, -0.15) is 0 Å². The van der Waals surface area contributed by atoms with Crippen molar-refractivity contribution in [2.75, 3.05) is 0 Å². The SMILES string of the molecule is O=C(O)C=c1c2cc([N+](=O)[O-])ccc2c2[nH]c(=O)c3nccn3c12. The molecule has 0 aliphatic heterocycles. The highest BCUT2D eigenvalue weighted by Gasteiger charge is 2.17. The summed E-state index contributed by atoms with van der Waals surface area (Å²) < 4.78 is 1.48. The number of aromatic nitrogens is 3. The van der Waals surface area contributed by atoms with Crippen LogP contribution >= 0.6 is 0 Å². The second-order valence-corrected chi connectivity index (χ2v) is 5.18. The van der Waals surface area contributed by atoms with Crippen molar-refractivity contribution < 1.29 is 14.8 Å². The van der Waals surface area contributed by atoms with Crippen LogP contribution in [0.4, 0.5) is 5.69 Å². The summed E-state index contributed by atoms with van der Waals surface area (Å²) in [7, 11) is 0. The van der Waals surface area contributed by atoms with Gasteiger partial charge in [0.15, 0.2) is 0 Å². The van der Waals surface area contributed by atoms with E-state index in [2.05, 4.69) is 9.97 Å². The average Bonchev–Trinajstić information content (AvgIpc) is 3.11. The van der Waals surface area contributed by atoms with Gasteiger partial charge >= 0.3 is 5.97 Å². The number of benzene rings is 1. The number of non-ortho nitro benzene ring substituents is 1. The topological polar surface area (TPSA) is 131 Å². The van der Waals surface area contributed by atoms with Gasteiger partial charge in [0.2, 0.25) is 5.65 Å². The smallest absolute Gasteiger partial charge is 0.329 e. The number of carbonyl (C=O) groups is 1. The number of fused-ring (bicyclic) bond motifs is 5. The number of carboxylic acid groups (broad SMARTS) is 1. The zero-order valence-corrected chi connectivity index (χ0v) is 11.9. The number of nitro benzene ring substituents is 1. The summed E-state index contributed by atoms with van der Waals surface area (Å²) >= 11 is 0. The first kappa shape index (κ1) is 13.9. The lowest BCUT2D eigenvalue weighted by Gasteiger charge is -1.97. The third kappa shape index (κ3) is 1.78. The molecule has 2 N–H and O–H groups in total. The molecule has 4 rings (SSSR count). The molecule has 0 bridgehead atoms. The molecule has 118 valence electrons. The molecule has 0 saturated heterocycles. The summed E-state index contributed by atoms with van der Waals surface area (Å²) in [6.45, 7) is 0. The Hall–Kier alpha value is -3.75. The standard InChI is InChI=1S/C15H8N4O5/c20-11(21)6-10-9-5-7(19(23)24)1-2-8(9)12-13(10)18-4-3-16-14(18)15(22)17-12/h1-6H,(H,17,22)(H,20,21). The molecule has 0 aliphatic carbocycles. The Kier molecular flexibility index (Phi) is 2.67. The number of aromatic amines is 1. The van der Waals surface area contributed by atoms with Gasteiger partial charge in [-0.15, -0.1) is 0 Å². The van der Waals surface area contributed by atoms with Gasteiger partial charge in [-0.25, -0.2) is 9.78 Å². The van der Waals surface area contributed by atoms with Gasteiger partial charge < -0.3 is 10.1 Å². The fraction of sp³-hybridized carbons (Fsp3) is 0. The Morgan fingerprint density at radius 1 is 1.38 bits per heavy atom. The first-order valence-corrected chi connectivity index (χ1v) is 6.81. The van der Waals surface area contributed by atoms with Crippen LogP contribution in [0.25, 0.3) is 33.5 Å². The number of nitro groups is 1. The number of H-pyrrole nitrogens is 1. The van der Waals surface area contributed by atoms with Crippen LogP contribution in [0.5, 0.6) is 0 Å². The van der Waals surface area contributed by atoms with E-state index in [9.17, 15) is 24.8 Å². The third-order valence-electron chi connectivity index (χ3n) is 3.86. The van der Waals surface area contributed by atoms with Crippen LogP contribution in [0.1, 0.15) is 0 Å². The zero-order valence-electron chi connectivity index (χ0n) is 11.9. The molecule has 0 saturated carbocycles. The summed E-state index contributed by atoms with van der Waals surface area (Å²) in [5, 5.41) is 21.4. The van der Waals surface area contributed by atoms with Gasteiger partial charge in [0.25, 0.3) is 11.2 Å². The molecule has 2 heterocycles. The largest absolute Gasteiger partial charge is 0.478 e. The molecule has 4 aromatic rings. The highest BCUT2D eigenvalue weighted by Crippen LogP contribution is 2.25. The van der Waals surface area contributed by atoms with E-state index in [0.717, 1.165) is 6.08 Å². The summed E-state index contributed by atoms with van der Waals surface area (Å²) in [5.41, 5.74) is 0.358. The summed E-state index contributed by atoms with van der Waals surface area (Å²) in [6, 6.07) is 4.10. The Balaban J connectivity index is 2.37. The molecule has 0 fully saturated rings. The molecule has 2 aromatic carbocycles. The van der Waals surface area contributed by atoms with E-state index < -0.39 is 16.5 Å². The highest BCUT2D eigenvalue weighted by molar-refractivity contribution is 6.14. The molecule has 0 radical (unpaired) electrons. The van der Waals surface area contributed by atoms with Gasteiger partial charge in [0.05, 0.1) is 16.0 Å². The molecule has 9 heteroatoms. The van der Waals surface area contributed by atoms with Crippen molar-refractivity contribution in [3.8, 4) is 0 Å². The lowest BCUT2D eigenvalue weighted by molar-refractivity contribution is -0.384. The fourth-order valence-electron chi connectivity index (χ4n) is 2.94. The highest BCUT2D eigenvalue weighted by atomic mass is 16.6. The van der Waals surface area contributed by atoms with Crippen molar-refractivity contribution in [2.24, 2.45) is 0 Å². The first-order chi connectivity index (χ1) is 11.5. The lowest BCUT2D eigenvalue weighted by atomic mass is 10.2. The van der Waals surface area contributed by atoms with Crippen molar-refractivity contribution in [3.63, 3.8) is 0 Å². The third-order valence-corrected chi connectivity index (χ3v) is 3.86. The predicted octanol–water partition coefficient (Wildman–Crippen LogP) is 0.821. The molecule has 0 aliphatic rings. The zero-order chi connectivity index (χ0) is 17.0. The van der Waals surface area contributed by atoms with E-state index in [-0.39, 0.29) is 16.6 Å². The number of rotatable bonds is 2. The molecule has 0 amide bonds. The van der Waals surface area contributed by atoms with E-state index in [1.807, 2.05) is 0 Å². The molecule has 0 atom stereocenters. The maximum atomic E-state index is 12.1. The van der Waals surface area contributed by atoms with Crippen molar-refractivity contribution in [3.05, 3.63) is 56.3 Å². The van der Waals surface area contributed by atoms with Crippen molar-refractivity contribution in [1.29, 1.82) is 0 Å². The van der Waals surface area contributed by atoms with Crippen molar-refractivity contribution >= 4 is 45.2 Å². The number of imidazole rings is 1. The lowest BCUT2D eigenvalue weighted by Crippen LogP contribution is -2.13. The van der Waals surface area contributed by atoms with E-state index in [1.54, 1.807) is 6.20 Å². The maximum absolute atomic E-state index is 12.1. The quantitative estimate of drug-likeness (QED) is 0.414. The van der Waals surface area contributed by atoms with Crippen LogP contribution in [0.15, 0.2) is 35.4 Å². The van der Waals surface area contributed by atoms with Crippen LogP contribution in [0, 0.1) is 10.1 Å². The summed E-state index contributed by atoms with van der Waals surface area (Å²) in [6.07, 6.45) is 3.93. The number of nitrogens with zero attached hydrogens (tertiary/aromatic N) is 3. The molecule has 0 unspecified atom stereocenters. The number of nitrogens with one attached hydrogen (secondary N) is 1. The van der Waals surface area contributed by atoms with E-state index in [4.69, 9.17) is 0 Å². The number of aliphatic carboxylic acids is 1. The Bertz CT molecular complexity index is 1280. The Labute approximate surface area is 131 Å². The second kappa shape index (κ2) is 4.62. The molecular weight excluding hydrogens is 316 g/mol. The molecular formula is C15H8N4O5. The monoisotopic (exact) mass is 324 g/mol.